The fourth-order valence-electron chi connectivity index (χ4n) is 1.55. The summed E-state index contributed by atoms with van der Waals surface area (Å²) in [4.78, 5) is 0. The summed E-state index contributed by atoms with van der Waals surface area (Å²) < 4.78 is 11.0. The first kappa shape index (κ1) is 12.9. The third-order valence-corrected chi connectivity index (χ3v) is 2.23. The van der Waals surface area contributed by atoms with Crippen molar-refractivity contribution in [3.63, 3.8) is 0 Å². The average Bonchev–Trinajstić information content (AvgIpc) is 2.16. The van der Waals surface area contributed by atoms with E-state index < -0.39 is 6.10 Å². The molecule has 2 unspecified atom stereocenters. The van der Waals surface area contributed by atoms with Gasteiger partial charge in [0.15, 0.2) is 0 Å². The van der Waals surface area contributed by atoms with Gasteiger partial charge >= 0.3 is 0 Å². The van der Waals surface area contributed by atoms with Crippen LogP contribution in [0.2, 0.25) is 0 Å². The Kier molecular flexibility index (Phi) is 4.95. The molecule has 1 aliphatic rings. The lowest BCUT2D eigenvalue weighted by Gasteiger charge is -2.36. The summed E-state index contributed by atoms with van der Waals surface area (Å²) in [6.45, 7) is 5.96. The second-order valence-corrected chi connectivity index (χ2v) is 4.50. The molecule has 0 spiro atoms. The van der Waals surface area contributed by atoms with Gasteiger partial charge in [-0.2, -0.15) is 0 Å². The molecule has 0 aromatic carbocycles. The molecule has 0 bridgehead atoms. The molecule has 5 heteroatoms. The van der Waals surface area contributed by atoms with Gasteiger partial charge in [0, 0.05) is 13.1 Å². The first-order chi connectivity index (χ1) is 7.03. The van der Waals surface area contributed by atoms with Crippen molar-refractivity contribution >= 4 is 0 Å². The zero-order valence-corrected chi connectivity index (χ0v) is 9.40. The van der Waals surface area contributed by atoms with E-state index in [0.717, 1.165) is 13.1 Å². The van der Waals surface area contributed by atoms with Gasteiger partial charge in [0.25, 0.3) is 0 Å². The number of aliphatic hydroxyl groups is 2. The molecule has 1 fully saturated rings. The molecule has 90 valence electrons. The molecule has 0 amide bonds. The Hall–Kier alpha value is -0.200. The summed E-state index contributed by atoms with van der Waals surface area (Å²) in [7, 11) is 0. The molecule has 0 saturated carbocycles. The van der Waals surface area contributed by atoms with E-state index in [1.54, 1.807) is 0 Å². The van der Waals surface area contributed by atoms with Crippen LogP contribution in [-0.2, 0) is 9.47 Å². The van der Waals surface area contributed by atoms with Crippen molar-refractivity contribution in [2.75, 3.05) is 32.9 Å². The van der Waals surface area contributed by atoms with Crippen molar-refractivity contribution in [3.05, 3.63) is 0 Å². The minimum atomic E-state index is -0.797. The summed E-state index contributed by atoms with van der Waals surface area (Å²) in [5.41, 5.74) is -0.165. The fourth-order valence-corrected chi connectivity index (χ4v) is 1.55. The van der Waals surface area contributed by atoms with E-state index in [1.165, 1.54) is 0 Å². The maximum atomic E-state index is 9.06. The van der Waals surface area contributed by atoms with Crippen molar-refractivity contribution in [2.45, 2.75) is 31.7 Å². The molecule has 0 aromatic heterocycles. The van der Waals surface area contributed by atoms with E-state index in [-0.39, 0.29) is 24.9 Å². The van der Waals surface area contributed by atoms with Gasteiger partial charge in [-0.3, -0.25) is 0 Å². The summed E-state index contributed by atoms with van der Waals surface area (Å²) >= 11 is 0. The van der Waals surface area contributed by atoms with Crippen LogP contribution in [-0.4, -0.2) is 60.9 Å². The Balaban J connectivity index is 2.16. The van der Waals surface area contributed by atoms with E-state index in [0.29, 0.717) is 6.61 Å². The van der Waals surface area contributed by atoms with E-state index in [9.17, 15) is 0 Å². The van der Waals surface area contributed by atoms with E-state index in [4.69, 9.17) is 19.7 Å². The van der Waals surface area contributed by atoms with Gasteiger partial charge in [-0.15, -0.1) is 0 Å². The van der Waals surface area contributed by atoms with Gasteiger partial charge in [-0.1, -0.05) is 0 Å². The van der Waals surface area contributed by atoms with Crippen LogP contribution in [0.4, 0.5) is 0 Å². The third kappa shape index (κ3) is 4.90. The van der Waals surface area contributed by atoms with Crippen LogP contribution in [0.15, 0.2) is 0 Å². The molecule has 1 rings (SSSR count). The maximum Gasteiger partial charge on any atom is 0.100 e. The van der Waals surface area contributed by atoms with Crippen LogP contribution in [0.25, 0.3) is 0 Å². The predicted octanol–water partition coefficient (Wildman–Crippen LogP) is -0.877. The van der Waals surface area contributed by atoms with E-state index >= 15 is 0 Å². The summed E-state index contributed by atoms with van der Waals surface area (Å²) in [6, 6.07) is 0. The molecule has 1 saturated heterocycles. The zero-order chi connectivity index (χ0) is 11.3. The zero-order valence-electron chi connectivity index (χ0n) is 9.40. The third-order valence-electron chi connectivity index (χ3n) is 2.23. The average molecular weight is 219 g/mol. The number of hydrogen-bond acceptors (Lipinski definition) is 5. The van der Waals surface area contributed by atoms with Crippen molar-refractivity contribution < 1.29 is 19.7 Å². The highest BCUT2D eigenvalue weighted by molar-refractivity contribution is 4.81. The number of nitrogens with one attached hydrogen (secondary N) is 1. The molecule has 5 nitrogen and oxygen atoms in total. The van der Waals surface area contributed by atoms with Crippen LogP contribution < -0.4 is 5.32 Å². The molecule has 2 atom stereocenters. The topological polar surface area (TPSA) is 71.0 Å². The first-order valence-electron chi connectivity index (χ1n) is 5.29. The van der Waals surface area contributed by atoms with Gasteiger partial charge in [0.05, 0.1) is 31.5 Å². The monoisotopic (exact) mass is 219 g/mol. The Morgan fingerprint density at radius 3 is 2.93 bits per heavy atom. The second-order valence-electron chi connectivity index (χ2n) is 4.50. The molecule has 1 heterocycles. The predicted molar refractivity (Wildman–Crippen MR) is 55.7 cm³/mol. The largest absolute Gasteiger partial charge is 0.394 e. The van der Waals surface area contributed by atoms with Crippen LogP contribution in [0.3, 0.4) is 0 Å². The SMILES string of the molecule is CC1(C)CNCC(COCC(O)CO)O1. The van der Waals surface area contributed by atoms with Crippen LogP contribution in [0.1, 0.15) is 13.8 Å². The van der Waals surface area contributed by atoms with Gasteiger partial charge in [-0.25, -0.2) is 0 Å². The van der Waals surface area contributed by atoms with Gasteiger partial charge < -0.3 is 25.0 Å². The Labute approximate surface area is 90.4 Å². The Morgan fingerprint density at radius 1 is 1.60 bits per heavy atom. The van der Waals surface area contributed by atoms with E-state index in [1.807, 2.05) is 13.8 Å². The Bertz CT molecular complexity index is 186. The Morgan fingerprint density at radius 2 is 2.33 bits per heavy atom. The molecule has 0 aliphatic carbocycles. The lowest BCUT2D eigenvalue weighted by atomic mass is 10.1. The normalized spacial score (nSPS) is 27.6. The molecule has 0 aromatic rings. The molecule has 3 N–H and O–H groups in total. The quantitative estimate of drug-likeness (QED) is 0.560. The van der Waals surface area contributed by atoms with Crippen LogP contribution in [0.5, 0.6) is 0 Å². The number of morpholine rings is 1. The number of ether oxygens (including phenoxy) is 2. The van der Waals surface area contributed by atoms with Crippen molar-refractivity contribution in [2.24, 2.45) is 0 Å². The lowest BCUT2D eigenvalue weighted by Crippen LogP contribution is -2.52. The van der Waals surface area contributed by atoms with E-state index in [2.05, 4.69) is 5.32 Å². The second kappa shape index (κ2) is 5.77. The van der Waals surface area contributed by atoms with Crippen molar-refractivity contribution in [3.8, 4) is 0 Å². The highest BCUT2D eigenvalue weighted by Gasteiger charge is 2.28. The number of rotatable bonds is 5. The first-order valence-corrected chi connectivity index (χ1v) is 5.29. The molecular weight excluding hydrogens is 198 g/mol. The van der Waals surface area contributed by atoms with Crippen molar-refractivity contribution in [1.82, 2.24) is 5.32 Å². The summed E-state index contributed by atoms with van der Waals surface area (Å²) in [6.07, 6.45) is -0.783. The highest BCUT2D eigenvalue weighted by Crippen LogP contribution is 2.15. The fraction of sp³-hybridized carbons (Fsp3) is 1.00. The molecule has 15 heavy (non-hydrogen) atoms. The minimum absolute atomic E-state index is 0.0136. The van der Waals surface area contributed by atoms with Crippen LogP contribution in [0, 0.1) is 0 Å². The van der Waals surface area contributed by atoms with Gasteiger partial charge in [-0.05, 0) is 13.8 Å². The number of hydrogen-bond donors (Lipinski definition) is 3. The molecular formula is C10H21NO4. The van der Waals surface area contributed by atoms with Gasteiger partial charge in [0.2, 0.25) is 0 Å². The lowest BCUT2D eigenvalue weighted by molar-refractivity contribution is -0.126. The number of aliphatic hydroxyl groups excluding tert-OH is 2. The maximum absolute atomic E-state index is 9.06. The summed E-state index contributed by atoms with van der Waals surface area (Å²) in [5, 5.41) is 20.9. The van der Waals surface area contributed by atoms with Crippen molar-refractivity contribution in [1.29, 1.82) is 0 Å². The molecule has 0 radical (unpaired) electrons. The van der Waals surface area contributed by atoms with Crippen LogP contribution >= 0.6 is 0 Å². The standard InChI is InChI=1S/C10H21NO4/c1-10(2)7-11-3-9(15-10)6-14-5-8(13)4-12/h8-9,11-13H,3-7H2,1-2H3. The summed E-state index contributed by atoms with van der Waals surface area (Å²) in [5.74, 6) is 0. The minimum Gasteiger partial charge on any atom is -0.394 e. The molecule has 1 aliphatic heterocycles. The highest BCUT2D eigenvalue weighted by atomic mass is 16.6. The van der Waals surface area contributed by atoms with Gasteiger partial charge in [0.1, 0.15) is 6.10 Å². The smallest absolute Gasteiger partial charge is 0.100 e.